The van der Waals surface area contributed by atoms with Gasteiger partial charge in [-0.15, -0.1) is 0 Å². The van der Waals surface area contributed by atoms with E-state index in [0.29, 0.717) is 24.2 Å². The number of nitrogens with one attached hydrogen (secondary N) is 1. The molecular formula is C24H23N4O2+. The minimum absolute atomic E-state index is 0.136. The Morgan fingerprint density at radius 3 is 2.47 bits per heavy atom. The zero-order valence-corrected chi connectivity index (χ0v) is 16.4. The Bertz CT molecular complexity index is 1230. The number of hydrogen-bond donors (Lipinski definition) is 4. The Morgan fingerprint density at radius 1 is 0.967 bits per heavy atom. The monoisotopic (exact) mass is 399 g/mol. The first-order valence-corrected chi connectivity index (χ1v) is 9.63. The second-order valence-electron chi connectivity index (χ2n) is 7.15. The molecule has 3 aromatic carbocycles. The number of nitrogens with zero attached hydrogens (tertiary/aromatic N) is 1. The highest BCUT2D eigenvalue weighted by Crippen LogP contribution is 2.29. The van der Waals surface area contributed by atoms with Crippen molar-refractivity contribution in [3.05, 3.63) is 101 Å². The Kier molecular flexibility index (Phi) is 5.22. The first kappa shape index (κ1) is 19.3. The molecule has 0 atom stereocenters. The minimum atomic E-state index is -0.212. The molecule has 0 radical (unpaired) electrons. The van der Waals surface area contributed by atoms with Gasteiger partial charge in [0.05, 0.1) is 11.1 Å². The number of carbonyl (C=O) groups excluding carboxylic acids is 1. The van der Waals surface area contributed by atoms with E-state index in [1.807, 2.05) is 65.2 Å². The summed E-state index contributed by atoms with van der Waals surface area (Å²) in [4.78, 5) is 13.0. The highest BCUT2D eigenvalue weighted by Gasteiger charge is 2.18. The van der Waals surface area contributed by atoms with Gasteiger partial charge in [0.15, 0.2) is 0 Å². The molecule has 0 aliphatic rings. The van der Waals surface area contributed by atoms with E-state index in [2.05, 4.69) is 5.32 Å². The molecule has 0 spiro atoms. The van der Waals surface area contributed by atoms with Crippen LogP contribution < -0.4 is 16.5 Å². The van der Waals surface area contributed by atoms with Crippen molar-refractivity contribution in [1.82, 2.24) is 9.88 Å². The zero-order chi connectivity index (χ0) is 21.1. The number of phenols is 1. The lowest BCUT2D eigenvalue weighted by molar-refractivity contribution is -0.114. The number of fused-ring (bicyclic) bond motifs is 1. The number of amidine groups is 1. The molecule has 0 aliphatic heterocycles. The summed E-state index contributed by atoms with van der Waals surface area (Å²) in [5.74, 6) is 0.167. The minimum Gasteiger partial charge on any atom is -0.507 e. The van der Waals surface area contributed by atoms with Crippen LogP contribution in [0.25, 0.3) is 10.9 Å². The van der Waals surface area contributed by atoms with Crippen molar-refractivity contribution in [3.8, 4) is 5.75 Å². The summed E-state index contributed by atoms with van der Waals surface area (Å²) in [7, 11) is 0. The van der Waals surface area contributed by atoms with Gasteiger partial charge in [-0.25, -0.2) is 0 Å². The zero-order valence-electron chi connectivity index (χ0n) is 16.4. The molecule has 0 bridgehead atoms. The van der Waals surface area contributed by atoms with E-state index >= 15 is 0 Å². The van der Waals surface area contributed by atoms with Crippen molar-refractivity contribution in [2.75, 3.05) is 0 Å². The average molecular weight is 399 g/mol. The fourth-order valence-corrected chi connectivity index (χ4v) is 3.53. The van der Waals surface area contributed by atoms with Crippen LogP contribution in [0.1, 0.15) is 27.2 Å². The van der Waals surface area contributed by atoms with Gasteiger partial charge in [0.2, 0.25) is 0 Å². The quantitative estimate of drug-likeness (QED) is 0.293. The van der Waals surface area contributed by atoms with Crippen LogP contribution in [0.5, 0.6) is 5.75 Å². The van der Waals surface area contributed by atoms with Gasteiger partial charge in [0, 0.05) is 18.5 Å². The average Bonchev–Trinajstić information content (AvgIpc) is 3.13. The van der Waals surface area contributed by atoms with Crippen LogP contribution in [0.2, 0.25) is 0 Å². The van der Waals surface area contributed by atoms with Crippen LogP contribution in [-0.2, 0) is 13.1 Å². The maximum Gasteiger partial charge on any atom is 0.270 e. The predicted octanol–water partition coefficient (Wildman–Crippen LogP) is 1.79. The van der Waals surface area contributed by atoms with Gasteiger partial charge in [-0.1, -0.05) is 48.5 Å². The van der Waals surface area contributed by atoms with Crippen LogP contribution in [0.3, 0.4) is 0 Å². The van der Waals surface area contributed by atoms with Crippen molar-refractivity contribution in [1.29, 1.82) is 0 Å². The smallest absolute Gasteiger partial charge is 0.270 e. The van der Waals surface area contributed by atoms with E-state index in [0.717, 1.165) is 22.2 Å². The summed E-state index contributed by atoms with van der Waals surface area (Å²) in [6.45, 7) is 0.851. The summed E-state index contributed by atoms with van der Waals surface area (Å²) in [6.07, 6.45) is 0. The van der Waals surface area contributed by atoms with E-state index < -0.39 is 0 Å². The lowest BCUT2D eigenvalue weighted by atomic mass is 10.1. The molecule has 0 aliphatic carbocycles. The fourth-order valence-electron chi connectivity index (χ4n) is 3.53. The SMILES string of the molecule is NC(=[NH2+])c1cccc(Cn2c(C(=O)NCc3ccccc3)cc3c(O)cccc32)c1. The lowest BCUT2D eigenvalue weighted by Crippen LogP contribution is -2.46. The van der Waals surface area contributed by atoms with Crippen LogP contribution >= 0.6 is 0 Å². The Balaban J connectivity index is 1.70. The predicted molar refractivity (Wildman–Crippen MR) is 117 cm³/mol. The summed E-state index contributed by atoms with van der Waals surface area (Å²) >= 11 is 0. The lowest BCUT2D eigenvalue weighted by Gasteiger charge is -2.12. The molecule has 0 saturated carbocycles. The summed E-state index contributed by atoms with van der Waals surface area (Å²) in [5.41, 5.74) is 9.67. The molecule has 150 valence electrons. The molecule has 0 unspecified atom stereocenters. The van der Waals surface area contributed by atoms with E-state index in [4.69, 9.17) is 11.1 Å². The largest absolute Gasteiger partial charge is 0.507 e. The molecule has 1 amide bonds. The van der Waals surface area contributed by atoms with E-state index in [1.54, 1.807) is 18.2 Å². The Hall–Kier alpha value is -4.06. The molecule has 0 fully saturated rings. The van der Waals surface area contributed by atoms with Crippen molar-refractivity contribution in [3.63, 3.8) is 0 Å². The number of amides is 1. The highest BCUT2D eigenvalue weighted by molar-refractivity contribution is 6.00. The standard InChI is InChI=1S/C24H22N4O2/c25-23(26)18-9-4-8-17(12-18)15-28-20-10-5-11-22(29)19(20)13-21(28)24(30)27-14-16-6-2-1-3-7-16/h1-13,29H,14-15H2,(H3,25,26)(H,27,30)/p+1. The summed E-state index contributed by atoms with van der Waals surface area (Å²) in [6, 6.07) is 24.3. The number of rotatable bonds is 6. The van der Waals surface area contributed by atoms with Crippen LogP contribution in [0.4, 0.5) is 0 Å². The number of benzene rings is 3. The summed E-state index contributed by atoms with van der Waals surface area (Å²) in [5, 5.41) is 19.6. The third kappa shape index (κ3) is 3.89. The van der Waals surface area contributed by atoms with E-state index in [9.17, 15) is 9.90 Å². The molecule has 6 N–H and O–H groups in total. The highest BCUT2D eigenvalue weighted by atomic mass is 16.3. The van der Waals surface area contributed by atoms with Crippen LogP contribution in [0.15, 0.2) is 78.9 Å². The van der Waals surface area contributed by atoms with Crippen LogP contribution in [-0.4, -0.2) is 21.4 Å². The molecule has 4 aromatic rings. The normalized spacial score (nSPS) is 10.8. The van der Waals surface area contributed by atoms with Crippen molar-refractivity contribution in [2.45, 2.75) is 13.1 Å². The van der Waals surface area contributed by atoms with Gasteiger partial charge in [0.1, 0.15) is 11.4 Å². The summed E-state index contributed by atoms with van der Waals surface area (Å²) < 4.78 is 1.89. The Labute approximate surface area is 174 Å². The van der Waals surface area contributed by atoms with Gasteiger partial charge in [0.25, 0.3) is 11.7 Å². The van der Waals surface area contributed by atoms with Gasteiger partial charge >= 0.3 is 0 Å². The molecule has 1 aromatic heterocycles. The van der Waals surface area contributed by atoms with Gasteiger partial charge in [-0.3, -0.25) is 15.9 Å². The molecule has 1 heterocycles. The second kappa shape index (κ2) is 8.13. The number of aromatic nitrogens is 1. The van der Waals surface area contributed by atoms with Gasteiger partial charge in [-0.2, -0.15) is 0 Å². The third-order valence-electron chi connectivity index (χ3n) is 5.05. The first-order chi connectivity index (χ1) is 14.5. The van der Waals surface area contributed by atoms with E-state index in [1.165, 1.54) is 0 Å². The molecule has 6 heteroatoms. The van der Waals surface area contributed by atoms with Crippen molar-refractivity contribution in [2.24, 2.45) is 5.73 Å². The molecule has 30 heavy (non-hydrogen) atoms. The van der Waals surface area contributed by atoms with E-state index in [-0.39, 0.29) is 17.5 Å². The topological polar surface area (TPSA) is 106 Å². The maximum atomic E-state index is 13.0. The third-order valence-corrected chi connectivity index (χ3v) is 5.05. The first-order valence-electron chi connectivity index (χ1n) is 9.63. The number of phenolic OH excluding ortho intramolecular Hbond substituents is 1. The Morgan fingerprint density at radius 2 is 1.70 bits per heavy atom. The molecular weight excluding hydrogens is 376 g/mol. The maximum absolute atomic E-state index is 13.0. The molecule has 6 nitrogen and oxygen atoms in total. The fraction of sp³-hybridized carbons (Fsp3) is 0.0833. The van der Waals surface area contributed by atoms with Gasteiger partial charge in [-0.05, 0) is 41.5 Å². The molecule has 4 rings (SSSR count). The van der Waals surface area contributed by atoms with Crippen molar-refractivity contribution < 1.29 is 15.3 Å². The number of carbonyl (C=O) groups is 1. The molecule has 0 saturated heterocycles. The van der Waals surface area contributed by atoms with Crippen LogP contribution in [0, 0.1) is 0 Å². The van der Waals surface area contributed by atoms with Gasteiger partial charge < -0.3 is 15.0 Å². The number of nitrogens with two attached hydrogens (primary N) is 2. The number of aromatic hydroxyl groups is 1. The van der Waals surface area contributed by atoms with Crippen molar-refractivity contribution >= 4 is 22.6 Å². The number of hydrogen-bond acceptors (Lipinski definition) is 2. The second-order valence-corrected chi connectivity index (χ2v) is 7.15.